The Morgan fingerprint density at radius 3 is 2.81 bits per heavy atom. The van der Waals surface area contributed by atoms with Crippen LogP contribution in [0, 0.1) is 0 Å². The Morgan fingerprint density at radius 1 is 1.57 bits per heavy atom. The summed E-state index contributed by atoms with van der Waals surface area (Å²) in [6, 6.07) is 3.35. The van der Waals surface area contributed by atoms with Gasteiger partial charge in [0.25, 0.3) is 5.78 Å². The topological polar surface area (TPSA) is 113 Å². The van der Waals surface area contributed by atoms with E-state index in [2.05, 4.69) is 9.53 Å². The van der Waals surface area contributed by atoms with E-state index in [1.165, 1.54) is 25.3 Å². The van der Waals surface area contributed by atoms with Crippen molar-refractivity contribution in [1.82, 2.24) is 0 Å². The Bertz CT molecular complexity index is 581. The van der Waals surface area contributed by atoms with Crippen molar-refractivity contribution in [2.24, 2.45) is 0 Å². The van der Waals surface area contributed by atoms with Crippen LogP contribution in [0.4, 0.5) is 0 Å². The molecule has 7 heteroatoms. The highest BCUT2D eigenvalue weighted by Gasteiger charge is 2.35. The summed E-state index contributed by atoms with van der Waals surface area (Å²) in [5, 5.41) is 10.1. The minimum atomic E-state index is -1.54. The first-order chi connectivity index (χ1) is 9.89. The Labute approximate surface area is 121 Å². The van der Waals surface area contributed by atoms with Crippen LogP contribution in [0.25, 0.3) is 11.6 Å². The second-order valence-corrected chi connectivity index (χ2v) is 4.47. The van der Waals surface area contributed by atoms with Gasteiger partial charge >= 0.3 is 11.7 Å². The number of carbonyl (C=O) groups excluding carboxylic acids is 2. The molecule has 0 aliphatic heterocycles. The normalized spacial score (nSPS) is 13.5. The van der Waals surface area contributed by atoms with Gasteiger partial charge in [0.05, 0.1) is 24.9 Å². The van der Waals surface area contributed by atoms with Crippen molar-refractivity contribution in [2.75, 3.05) is 6.61 Å². The van der Waals surface area contributed by atoms with Crippen molar-refractivity contribution in [3.05, 3.63) is 35.8 Å². The highest BCUT2D eigenvalue weighted by atomic mass is 16.5. The Morgan fingerprint density at radius 2 is 2.29 bits per heavy atom. The fraction of sp³-hybridized carbons (Fsp3) is 0.357. The quantitative estimate of drug-likeness (QED) is 0.267. The van der Waals surface area contributed by atoms with Crippen molar-refractivity contribution in [2.45, 2.75) is 25.9 Å². The minimum absolute atomic E-state index is 0.0416. The van der Waals surface area contributed by atoms with E-state index in [9.17, 15) is 14.7 Å². The number of rotatable bonds is 7. The number of aliphatic hydroxyl groups is 1. The lowest BCUT2D eigenvalue weighted by molar-refractivity contribution is -0.142. The second kappa shape index (κ2) is 7.33. The number of carbonyl (C=O) groups is 2. The van der Waals surface area contributed by atoms with Crippen LogP contribution in [-0.4, -0.2) is 39.6 Å². The molecule has 1 N–H and O–H groups in total. The Hall–Kier alpha value is -2.50. The molecule has 0 spiro atoms. The molecule has 1 atom stereocenters. The van der Waals surface area contributed by atoms with Gasteiger partial charge in [0.1, 0.15) is 5.76 Å². The number of ketones is 1. The third-order valence-corrected chi connectivity index (χ3v) is 2.50. The van der Waals surface area contributed by atoms with Gasteiger partial charge in [0.2, 0.25) is 0 Å². The SMILES string of the molecule is CCOC(=O)C(=[N+]=[N-])C(=O)CC(C)(O)/C=C/c1ccco1. The summed E-state index contributed by atoms with van der Waals surface area (Å²) in [6.07, 6.45) is 3.87. The maximum Gasteiger partial charge on any atom is 0.441 e. The molecule has 1 aromatic heterocycles. The maximum atomic E-state index is 11.9. The van der Waals surface area contributed by atoms with Crippen molar-refractivity contribution in [1.29, 1.82) is 0 Å². The van der Waals surface area contributed by atoms with Crippen LogP contribution in [0.15, 0.2) is 28.9 Å². The molecular weight excluding hydrogens is 276 g/mol. The molecule has 1 rings (SSSR count). The molecule has 1 heterocycles. The molecule has 0 saturated carbocycles. The first-order valence-corrected chi connectivity index (χ1v) is 6.27. The molecular formula is C14H16N2O5. The van der Waals surface area contributed by atoms with E-state index in [4.69, 9.17) is 9.95 Å². The summed E-state index contributed by atoms with van der Waals surface area (Å²) in [5.74, 6) is -1.36. The third-order valence-electron chi connectivity index (χ3n) is 2.50. The first kappa shape index (κ1) is 16.6. The summed E-state index contributed by atoms with van der Waals surface area (Å²) in [6.45, 7) is 2.98. The number of esters is 1. The van der Waals surface area contributed by atoms with Gasteiger partial charge in [-0.3, -0.25) is 4.79 Å². The van der Waals surface area contributed by atoms with Crippen LogP contribution < -0.4 is 0 Å². The lowest BCUT2D eigenvalue weighted by atomic mass is 9.96. The molecule has 0 radical (unpaired) electrons. The van der Waals surface area contributed by atoms with E-state index in [0.29, 0.717) is 5.76 Å². The van der Waals surface area contributed by atoms with Gasteiger partial charge in [-0.05, 0) is 38.1 Å². The summed E-state index contributed by atoms with van der Waals surface area (Å²) in [4.78, 5) is 25.9. The van der Waals surface area contributed by atoms with E-state index >= 15 is 0 Å². The minimum Gasteiger partial charge on any atom is -0.465 e. The molecule has 0 aliphatic rings. The zero-order valence-corrected chi connectivity index (χ0v) is 11.8. The van der Waals surface area contributed by atoms with Gasteiger partial charge < -0.3 is 19.8 Å². The average Bonchev–Trinajstić information content (AvgIpc) is 2.90. The van der Waals surface area contributed by atoms with E-state index in [1.807, 2.05) is 0 Å². The lowest BCUT2D eigenvalue weighted by Crippen LogP contribution is -2.34. The lowest BCUT2D eigenvalue weighted by Gasteiger charge is -2.16. The predicted octanol–water partition coefficient (Wildman–Crippen LogP) is 1.24. The molecule has 1 aromatic rings. The number of hydrogen-bond donors (Lipinski definition) is 1. The number of furan rings is 1. The summed E-state index contributed by atoms with van der Waals surface area (Å²) >= 11 is 0. The highest BCUT2D eigenvalue weighted by Crippen LogP contribution is 2.15. The van der Waals surface area contributed by atoms with Gasteiger partial charge in [0, 0.05) is 0 Å². The van der Waals surface area contributed by atoms with Crippen LogP contribution in [0.1, 0.15) is 26.0 Å². The van der Waals surface area contributed by atoms with Crippen molar-refractivity contribution in [3.63, 3.8) is 0 Å². The van der Waals surface area contributed by atoms with E-state index in [0.717, 1.165) is 0 Å². The zero-order chi connectivity index (χ0) is 15.9. The van der Waals surface area contributed by atoms with E-state index in [1.54, 1.807) is 19.1 Å². The fourth-order valence-corrected chi connectivity index (χ4v) is 1.53. The molecule has 0 aliphatic carbocycles. The molecule has 0 aromatic carbocycles. The molecule has 0 saturated heterocycles. The average molecular weight is 292 g/mol. The van der Waals surface area contributed by atoms with Gasteiger partial charge in [-0.2, -0.15) is 4.79 Å². The summed E-state index contributed by atoms with van der Waals surface area (Å²) in [7, 11) is 0. The van der Waals surface area contributed by atoms with Gasteiger partial charge in [-0.1, -0.05) is 0 Å². The molecule has 1 unspecified atom stereocenters. The first-order valence-electron chi connectivity index (χ1n) is 6.27. The highest BCUT2D eigenvalue weighted by molar-refractivity contribution is 6.62. The fourth-order valence-electron chi connectivity index (χ4n) is 1.53. The van der Waals surface area contributed by atoms with Gasteiger partial charge in [-0.25, -0.2) is 4.79 Å². The third kappa shape index (κ3) is 5.18. The van der Waals surface area contributed by atoms with E-state index in [-0.39, 0.29) is 6.61 Å². The Balaban J connectivity index is 2.75. The standard InChI is InChI=1S/C14H16N2O5/c1-3-20-13(18)12(16-15)11(17)9-14(2,19)7-6-10-5-4-8-21-10/h4-8,19H,3,9H2,1-2H3/b7-6+. The monoisotopic (exact) mass is 292 g/mol. The second-order valence-electron chi connectivity index (χ2n) is 4.47. The van der Waals surface area contributed by atoms with Crippen molar-refractivity contribution in [3.8, 4) is 0 Å². The number of hydrogen-bond acceptors (Lipinski definition) is 5. The van der Waals surface area contributed by atoms with Gasteiger partial charge in [-0.15, -0.1) is 0 Å². The van der Waals surface area contributed by atoms with Crippen LogP contribution >= 0.6 is 0 Å². The molecule has 0 fully saturated rings. The summed E-state index contributed by atoms with van der Waals surface area (Å²) < 4.78 is 9.64. The molecule has 112 valence electrons. The largest absolute Gasteiger partial charge is 0.465 e. The smallest absolute Gasteiger partial charge is 0.441 e. The number of Topliss-reactive ketones (excluding diaryl/α,β-unsaturated/α-hetero) is 1. The number of ether oxygens (including phenoxy) is 1. The van der Waals surface area contributed by atoms with Gasteiger partial charge in [0.15, 0.2) is 0 Å². The zero-order valence-electron chi connectivity index (χ0n) is 11.8. The molecule has 0 bridgehead atoms. The molecule has 0 amide bonds. The van der Waals surface area contributed by atoms with Crippen LogP contribution in [-0.2, 0) is 14.3 Å². The maximum absolute atomic E-state index is 11.9. The van der Waals surface area contributed by atoms with Crippen LogP contribution in [0.3, 0.4) is 0 Å². The van der Waals surface area contributed by atoms with Crippen molar-refractivity contribution >= 4 is 23.5 Å². The predicted molar refractivity (Wildman–Crippen MR) is 73.2 cm³/mol. The molecule has 7 nitrogen and oxygen atoms in total. The number of nitrogens with zero attached hydrogens (tertiary/aromatic N) is 2. The van der Waals surface area contributed by atoms with Crippen LogP contribution in [0.5, 0.6) is 0 Å². The van der Waals surface area contributed by atoms with E-state index < -0.39 is 29.5 Å². The van der Waals surface area contributed by atoms with Crippen molar-refractivity contribution < 1.29 is 28.6 Å². The van der Waals surface area contributed by atoms with Crippen LogP contribution in [0.2, 0.25) is 0 Å². The summed E-state index contributed by atoms with van der Waals surface area (Å²) in [5.41, 5.74) is 6.44. The molecule has 21 heavy (non-hydrogen) atoms. The Kier molecular flexibility index (Phi) is 5.78.